The molecule has 1 amide bonds. The van der Waals surface area contributed by atoms with Crippen molar-refractivity contribution >= 4 is 16.8 Å². The summed E-state index contributed by atoms with van der Waals surface area (Å²) in [6.45, 7) is 5.66. The Morgan fingerprint density at radius 2 is 1.72 bits per heavy atom. The van der Waals surface area contributed by atoms with Crippen molar-refractivity contribution in [3.05, 3.63) is 101 Å². The molecule has 0 radical (unpaired) electrons. The fourth-order valence-electron chi connectivity index (χ4n) is 4.38. The van der Waals surface area contributed by atoms with Crippen molar-refractivity contribution in [2.75, 3.05) is 20.3 Å². The minimum absolute atomic E-state index is 0.0444. The lowest BCUT2D eigenvalue weighted by atomic mass is 10.0. The molecule has 3 aromatic carbocycles. The van der Waals surface area contributed by atoms with Crippen LogP contribution in [0.15, 0.2) is 66.7 Å². The van der Waals surface area contributed by atoms with Gasteiger partial charge in [0.05, 0.1) is 17.7 Å². The molecule has 1 heterocycles. The van der Waals surface area contributed by atoms with Crippen LogP contribution >= 0.6 is 0 Å². The molecule has 0 saturated heterocycles. The van der Waals surface area contributed by atoms with E-state index in [1.165, 1.54) is 6.07 Å². The van der Waals surface area contributed by atoms with Crippen molar-refractivity contribution in [2.45, 2.75) is 32.9 Å². The number of carbonyl (C=O) groups excluding carboxylic acids is 1. The van der Waals surface area contributed by atoms with Gasteiger partial charge < -0.3 is 19.4 Å². The van der Waals surface area contributed by atoms with Gasteiger partial charge >= 0.3 is 0 Å². The van der Waals surface area contributed by atoms with E-state index in [4.69, 9.17) is 9.47 Å². The Balaban J connectivity index is 1.75. The average Bonchev–Trinajstić information content (AvgIpc) is 3.19. The molecule has 0 aliphatic rings. The number of hydrogen-bond acceptors (Lipinski definition) is 3. The van der Waals surface area contributed by atoms with Gasteiger partial charge in [-0.2, -0.15) is 0 Å². The van der Waals surface area contributed by atoms with E-state index < -0.39 is 11.6 Å². The largest absolute Gasteiger partial charge is 0.491 e. The van der Waals surface area contributed by atoms with Crippen molar-refractivity contribution in [3.8, 4) is 5.75 Å². The summed E-state index contributed by atoms with van der Waals surface area (Å²) in [5, 5.41) is 3.70. The van der Waals surface area contributed by atoms with Crippen LogP contribution in [0.5, 0.6) is 5.75 Å². The second-order valence-electron chi connectivity index (χ2n) is 8.94. The number of fused-ring (bicyclic) bond motifs is 1. The van der Waals surface area contributed by atoms with Crippen LogP contribution in [0.25, 0.3) is 10.9 Å². The Bertz CT molecular complexity index is 1350. The summed E-state index contributed by atoms with van der Waals surface area (Å²) in [6.07, 6.45) is 0. The Kier molecular flexibility index (Phi) is 8.00. The lowest BCUT2D eigenvalue weighted by molar-refractivity contribution is 0.0951. The number of nitrogens with one attached hydrogen (secondary N) is 1. The highest BCUT2D eigenvalue weighted by Crippen LogP contribution is 2.34. The molecule has 1 N–H and O–H groups in total. The van der Waals surface area contributed by atoms with Gasteiger partial charge in [0.2, 0.25) is 0 Å². The van der Waals surface area contributed by atoms with Gasteiger partial charge in [-0.05, 0) is 41.3 Å². The third-order valence-corrected chi connectivity index (χ3v) is 6.03. The van der Waals surface area contributed by atoms with Gasteiger partial charge in [-0.25, -0.2) is 8.78 Å². The molecule has 0 aliphatic carbocycles. The van der Waals surface area contributed by atoms with E-state index >= 15 is 0 Å². The predicted molar refractivity (Wildman–Crippen MR) is 136 cm³/mol. The fraction of sp³-hybridized carbons (Fsp3) is 0.276. The normalized spacial score (nSPS) is 11.3. The number of benzene rings is 3. The van der Waals surface area contributed by atoms with Gasteiger partial charge in [-0.3, -0.25) is 4.79 Å². The summed E-state index contributed by atoms with van der Waals surface area (Å²) in [4.78, 5) is 13.5. The zero-order chi connectivity index (χ0) is 25.7. The van der Waals surface area contributed by atoms with Crippen molar-refractivity contribution in [2.24, 2.45) is 0 Å². The highest BCUT2D eigenvalue weighted by atomic mass is 19.1. The summed E-state index contributed by atoms with van der Waals surface area (Å²) in [5.74, 6) is -1.39. The van der Waals surface area contributed by atoms with Crippen LogP contribution in [0, 0.1) is 11.6 Å². The summed E-state index contributed by atoms with van der Waals surface area (Å²) in [7, 11) is 1.62. The van der Waals surface area contributed by atoms with Crippen LogP contribution in [0.4, 0.5) is 8.78 Å². The van der Waals surface area contributed by atoms with E-state index in [-0.39, 0.29) is 18.4 Å². The van der Waals surface area contributed by atoms with Crippen LogP contribution in [0.3, 0.4) is 0 Å². The Morgan fingerprint density at radius 3 is 2.42 bits per heavy atom. The third kappa shape index (κ3) is 5.57. The number of nitrogens with zero attached hydrogens (tertiary/aromatic N) is 1. The molecule has 0 saturated carbocycles. The topological polar surface area (TPSA) is 52.5 Å². The smallest absolute Gasteiger partial charge is 0.254 e. The molecular formula is C29H30F2N2O3. The van der Waals surface area contributed by atoms with E-state index in [0.717, 1.165) is 34.3 Å². The quantitative estimate of drug-likeness (QED) is 0.275. The molecule has 5 nitrogen and oxygen atoms in total. The molecule has 0 spiro atoms. The van der Waals surface area contributed by atoms with Crippen molar-refractivity contribution in [1.29, 1.82) is 0 Å². The van der Waals surface area contributed by atoms with Crippen LogP contribution < -0.4 is 10.1 Å². The maximum absolute atomic E-state index is 13.7. The van der Waals surface area contributed by atoms with Crippen LogP contribution in [-0.2, 0) is 17.8 Å². The molecule has 36 heavy (non-hydrogen) atoms. The molecule has 0 bridgehead atoms. The van der Waals surface area contributed by atoms with E-state index in [9.17, 15) is 13.6 Å². The molecule has 0 aliphatic heterocycles. The Morgan fingerprint density at radius 1 is 0.944 bits per heavy atom. The Labute approximate surface area is 209 Å². The van der Waals surface area contributed by atoms with Crippen LogP contribution in [0.2, 0.25) is 0 Å². The Hall–Kier alpha value is -3.71. The lowest BCUT2D eigenvalue weighted by Gasteiger charge is -2.16. The van der Waals surface area contributed by atoms with Gasteiger partial charge in [0.25, 0.3) is 5.91 Å². The molecular weight excluding hydrogens is 461 g/mol. The number of hydrogen-bond donors (Lipinski definition) is 1. The molecule has 0 fully saturated rings. The number of rotatable bonds is 10. The molecule has 1 aromatic heterocycles. The second-order valence-corrected chi connectivity index (χ2v) is 8.94. The minimum Gasteiger partial charge on any atom is -0.491 e. The van der Waals surface area contributed by atoms with Crippen LogP contribution in [-0.4, -0.2) is 30.8 Å². The van der Waals surface area contributed by atoms with Gasteiger partial charge in [-0.15, -0.1) is 0 Å². The number of methoxy groups -OCH3 is 1. The van der Waals surface area contributed by atoms with Gasteiger partial charge in [-0.1, -0.05) is 50.2 Å². The molecule has 7 heteroatoms. The first-order chi connectivity index (χ1) is 17.4. The highest BCUT2D eigenvalue weighted by molar-refractivity contribution is 6.09. The number of halogens is 2. The number of amides is 1. The zero-order valence-electron chi connectivity index (χ0n) is 20.7. The first-order valence-corrected chi connectivity index (χ1v) is 11.9. The third-order valence-electron chi connectivity index (χ3n) is 6.03. The zero-order valence-corrected chi connectivity index (χ0v) is 20.7. The van der Waals surface area contributed by atoms with Crippen molar-refractivity contribution < 1.29 is 23.0 Å². The molecule has 4 aromatic rings. The van der Waals surface area contributed by atoms with Crippen LogP contribution in [0.1, 0.15) is 46.9 Å². The van der Waals surface area contributed by atoms with E-state index in [1.54, 1.807) is 7.11 Å². The van der Waals surface area contributed by atoms with Gasteiger partial charge in [0.15, 0.2) is 11.6 Å². The highest BCUT2D eigenvalue weighted by Gasteiger charge is 2.25. The second kappa shape index (κ2) is 11.4. The summed E-state index contributed by atoms with van der Waals surface area (Å²) >= 11 is 0. The van der Waals surface area contributed by atoms with Crippen molar-refractivity contribution in [3.63, 3.8) is 0 Å². The number of ether oxygens (including phenoxy) is 2. The summed E-state index contributed by atoms with van der Waals surface area (Å²) < 4.78 is 40.1. The standard InChI is InChI=1S/C29H30F2N2O3/c1-19(2)28-27(29(34)32-17-21-9-12-24(30)25(31)15-21)23-11-10-22(36-14-13-35-3)16-26(23)33(28)18-20-7-5-4-6-8-20/h4-12,15-16,19H,13-14,17-18H2,1-3H3,(H,32,34)/i30-1. The first-order valence-electron chi connectivity index (χ1n) is 11.9. The predicted octanol–water partition coefficient (Wildman–Crippen LogP) is 6.05. The molecule has 188 valence electrons. The first kappa shape index (κ1) is 25.4. The summed E-state index contributed by atoms with van der Waals surface area (Å²) in [6, 6.07) is 19.4. The van der Waals surface area contributed by atoms with Gasteiger partial charge in [0.1, 0.15) is 12.4 Å². The SMILES string of the molecule is COCCOc1ccc2c(C(=O)NCc3ccc([18F])c(F)c3)c(C(C)C)n(Cc3ccccc3)c2c1. The average molecular weight is 492 g/mol. The van der Waals surface area contributed by atoms with E-state index in [2.05, 4.69) is 35.9 Å². The van der Waals surface area contributed by atoms with E-state index in [1.807, 2.05) is 36.4 Å². The van der Waals surface area contributed by atoms with Gasteiger partial charge in [0, 0.05) is 37.3 Å². The number of aromatic nitrogens is 1. The lowest BCUT2D eigenvalue weighted by Crippen LogP contribution is -2.24. The monoisotopic (exact) mass is 491 g/mol. The molecule has 0 atom stereocenters. The fourth-order valence-corrected chi connectivity index (χ4v) is 4.38. The maximum atomic E-state index is 13.7. The van der Waals surface area contributed by atoms with Crippen molar-refractivity contribution in [1.82, 2.24) is 9.88 Å². The maximum Gasteiger partial charge on any atom is 0.254 e. The molecule has 4 rings (SSSR count). The minimum atomic E-state index is -0.940. The summed E-state index contributed by atoms with van der Waals surface area (Å²) in [5.41, 5.74) is 3.94. The molecule has 0 unspecified atom stereocenters. The van der Waals surface area contributed by atoms with E-state index in [0.29, 0.717) is 36.6 Å². The number of carbonyl (C=O) groups is 1.